The Bertz CT molecular complexity index is 300. The van der Waals surface area contributed by atoms with E-state index in [0.717, 1.165) is 10.0 Å². The van der Waals surface area contributed by atoms with Crippen molar-refractivity contribution in [2.45, 2.75) is 25.2 Å². The van der Waals surface area contributed by atoms with Gasteiger partial charge in [-0.1, -0.05) is 22.9 Å². The summed E-state index contributed by atoms with van der Waals surface area (Å²) in [6.45, 7) is 2.17. The Kier molecular flexibility index (Phi) is 2.78. The van der Waals surface area contributed by atoms with Gasteiger partial charge >= 0.3 is 0 Å². The summed E-state index contributed by atoms with van der Waals surface area (Å²) in [7, 11) is 0. The second-order valence-corrected chi connectivity index (χ2v) is 4.63. The van der Waals surface area contributed by atoms with E-state index in [1.54, 1.807) is 6.07 Å². The topological polar surface area (TPSA) is 35.0 Å². The molecule has 3 heteroatoms. The average Bonchev–Trinajstić information content (AvgIpc) is 2.67. The van der Waals surface area contributed by atoms with Crippen LogP contribution in [0.1, 0.15) is 25.3 Å². The van der Waals surface area contributed by atoms with E-state index in [1.807, 2.05) is 6.07 Å². The smallest absolute Gasteiger partial charge is 0.124 e. The first-order chi connectivity index (χ1) is 5.60. The van der Waals surface area contributed by atoms with Crippen LogP contribution in [0.5, 0.6) is 0 Å². The summed E-state index contributed by atoms with van der Waals surface area (Å²) in [6, 6.07) is 5.14. The molecule has 1 aliphatic rings. The molecule has 0 atom stereocenters. The van der Waals surface area contributed by atoms with E-state index >= 15 is 0 Å². The van der Waals surface area contributed by atoms with Crippen LogP contribution in [0.15, 0.2) is 22.7 Å². The van der Waals surface area contributed by atoms with Crippen molar-refractivity contribution in [2.24, 2.45) is 0 Å². The summed E-state index contributed by atoms with van der Waals surface area (Å²) in [5.41, 5.74) is 1.37. The van der Waals surface area contributed by atoms with E-state index in [4.69, 9.17) is 0 Å². The zero-order valence-corrected chi connectivity index (χ0v) is 9.20. The first kappa shape index (κ1) is 10.7. The van der Waals surface area contributed by atoms with E-state index in [-0.39, 0.29) is 17.4 Å². The van der Waals surface area contributed by atoms with Crippen LogP contribution in [0, 0.1) is 5.82 Å². The summed E-state index contributed by atoms with van der Waals surface area (Å²) in [4.78, 5) is 0. The SMILES string of the molecule is CC1(c2cc(F)cc(Br)c2)CC1.N. The molecule has 1 saturated carbocycles. The third-order valence-electron chi connectivity index (χ3n) is 2.56. The molecule has 0 aromatic heterocycles. The molecule has 2 rings (SSSR count). The molecule has 1 nitrogen and oxygen atoms in total. The van der Waals surface area contributed by atoms with Gasteiger partial charge in [-0.2, -0.15) is 0 Å². The van der Waals surface area contributed by atoms with Crippen LogP contribution in [0.2, 0.25) is 0 Å². The number of benzene rings is 1. The van der Waals surface area contributed by atoms with Gasteiger partial charge in [-0.25, -0.2) is 4.39 Å². The molecule has 0 radical (unpaired) electrons. The molecule has 0 bridgehead atoms. The highest BCUT2D eigenvalue weighted by atomic mass is 79.9. The van der Waals surface area contributed by atoms with Gasteiger partial charge in [0.1, 0.15) is 5.82 Å². The van der Waals surface area contributed by atoms with Crippen molar-refractivity contribution in [3.05, 3.63) is 34.1 Å². The molecule has 72 valence electrons. The van der Waals surface area contributed by atoms with E-state index in [0.29, 0.717) is 0 Å². The molecule has 1 aromatic carbocycles. The van der Waals surface area contributed by atoms with Crippen LogP contribution in [-0.4, -0.2) is 0 Å². The molecule has 3 N–H and O–H groups in total. The Morgan fingerprint density at radius 3 is 2.38 bits per heavy atom. The third-order valence-corrected chi connectivity index (χ3v) is 3.02. The highest BCUT2D eigenvalue weighted by Gasteiger charge is 2.39. The summed E-state index contributed by atoms with van der Waals surface area (Å²) in [5, 5.41) is 0. The van der Waals surface area contributed by atoms with Crippen molar-refractivity contribution < 1.29 is 4.39 Å². The fourth-order valence-corrected chi connectivity index (χ4v) is 1.84. The maximum Gasteiger partial charge on any atom is 0.124 e. The fourth-order valence-electron chi connectivity index (χ4n) is 1.38. The maximum absolute atomic E-state index is 13.0. The van der Waals surface area contributed by atoms with E-state index in [9.17, 15) is 4.39 Å². The largest absolute Gasteiger partial charge is 0.344 e. The van der Waals surface area contributed by atoms with Gasteiger partial charge in [0.15, 0.2) is 0 Å². The molecule has 0 heterocycles. The minimum atomic E-state index is -0.146. The van der Waals surface area contributed by atoms with Crippen molar-refractivity contribution in [2.75, 3.05) is 0 Å². The maximum atomic E-state index is 13.0. The van der Waals surface area contributed by atoms with Crippen LogP contribution >= 0.6 is 15.9 Å². The van der Waals surface area contributed by atoms with Crippen LogP contribution < -0.4 is 6.15 Å². The Hall–Kier alpha value is -0.410. The lowest BCUT2D eigenvalue weighted by Gasteiger charge is -2.08. The lowest BCUT2D eigenvalue weighted by Crippen LogP contribution is -1.99. The normalized spacial score (nSPS) is 17.8. The monoisotopic (exact) mass is 245 g/mol. The predicted molar refractivity (Wildman–Crippen MR) is 55.7 cm³/mol. The van der Waals surface area contributed by atoms with E-state index in [2.05, 4.69) is 22.9 Å². The second kappa shape index (κ2) is 3.39. The van der Waals surface area contributed by atoms with E-state index in [1.165, 1.54) is 18.9 Å². The lowest BCUT2D eigenvalue weighted by molar-refractivity contribution is 0.619. The summed E-state index contributed by atoms with van der Waals surface area (Å²) >= 11 is 3.29. The molecular formula is C10H13BrFN. The van der Waals surface area contributed by atoms with Gasteiger partial charge in [-0.3, -0.25) is 0 Å². The molecule has 0 spiro atoms. The van der Waals surface area contributed by atoms with Gasteiger partial charge < -0.3 is 6.15 Å². The fraction of sp³-hybridized carbons (Fsp3) is 0.400. The van der Waals surface area contributed by atoms with Crippen LogP contribution in [0.3, 0.4) is 0 Å². The number of hydrogen-bond donors (Lipinski definition) is 1. The number of rotatable bonds is 1. The highest BCUT2D eigenvalue weighted by molar-refractivity contribution is 9.10. The molecular weight excluding hydrogens is 233 g/mol. The summed E-state index contributed by atoms with van der Waals surface area (Å²) in [5.74, 6) is -0.146. The Morgan fingerprint density at radius 2 is 1.92 bits per heavy atom. The zero-order chi connectivity index (χ0) is 8.77. The van der Waals surface area contributed by atoms with Gasteiger partial charge in [-0.05, 0) is 42.0 Å². The van der Waals surface area contributed by atoms with Crippen molar-refractivity contribution in [3.8, 4) is 0 Å². The molecule has 0 amide bonds. The predicted octanol–water partition coefficient (Wildman–Crippen LogP) is 3.80. The van der Waals surface area contributed by atoms with Crippen LogP contribution in [0.25, 0.3) is 0 Å². The van der Waals surface area contributed by atoms with Crippen molar-refractivity contribution in [3.63, 3.8) is 0 Å². The van der Waals surface area contributed by atoms with Gasteiger partial charge in [0.05, 0.1) is 0 Å². The summed E-state index contributed by atoms with van der Waals surface area (Å²) < 4.78 is 13.8. The Labute approximate surface area is 86.1 Å². The Balaban J connectivity index is 0.000000845. The van der Waals surface area contributed by atoms with Crippen LogP contribution in [0.4, 0.5) is 4.39 Å². The van der Waals surface area contributed by atoms with Gasteiger partial charge in [0, 0.05) is 4.47 Å². The minimum absolute atomic E-state index is 0. The van der Waals surface area contributed by atoms with Crippen LogP contribution in [-0.2, 0) is 5.41 Å². The van der Waals surface area contributed by atoms with Gasteiger partial charge in [-0.15, -0.1) is 0 Å². The first-order valence-corrected chi connectivity index (χ1v) is 4.86. The van der Waals surface area contributed by atoms with Gasteiger partial charge in [0.2, 0.25) is 0 Å². The molecule has 0 aliphatic heterocycles. The zero-order valence-electron chi connectivity index (χ0n) is 7.61. The second-order valence-electron chi connectivity index (χ2n) is 3.72. The lowest BCUT2D eigenvalue weighted by atomic mass is 9.99. The molecule has 0 unspecified atom stereocenters. The van der Waals surface area contributed by atoms with E-state index < -0.39 is 0 Å². The molecule has 1 aliphatic carbocycles. The number of hydrogen-bond acceptors (Lipinski definition) is 1. The molecule has 0 saturated heterocycles. The highest BCUT2D eigenvalue weighted by Crippen LogP contribution is 2.48. The third kappa shape index (κ3) is 2.09. The van der Waals surface area contributed by atoms with Crippen molar-refractivity contribution >= 4 is 15.9 Å². The minimum Gasteiger partial charge on any atom is -0.344 e. The van der Waals surface area contributed by atoms with Crippen molar-refractivity contribution in [1.29, 1.82) is 0 Å². The first-order valence-electron chi connectivity index (χ1n) is 4.07. The van der Waals surface area contributed by atoms with Gasteiger partial charge in [0.25, 0.3) is 0 Å². The quantitative estimate of drug-likeness (QED) is 0.803. The summed E-state index contributed by atoms with van der Waals surface area (Å²) in [6.07, 6.45) is 2.37. The molecule has 1 fully saturated rings. The molecule has 13 heavy (non-hydrogen) atoms. The van der Waals surface area contributed by atoms with Crippen molar-refractivity contribution in [1.82, 2.24) is 6.15 Å². The Morgan fingerprint density at radius 1 is 1.31 bits per heavy atom. The average molecular weight is 246 g/mol. The standard InChI is InChI=1S/C10H10BrF.H3N/c1-10(2-3-10)7-4-8(11)6-9(12)5-7;/h4-6H,2-3H2,1H3;1H3. The number of halogens is 2. The molecule has 1 aromatic rings.